The molecule has 0 spiro atoms. The number of fused-ring (bicyclic) bond motifs is 1. The van der Waals surface area contributed by atoms with E-state index in [0.29, 0.717) is 17.5 Å². The summed E-state index contributed by atoms with van der Waals surface area (Å²) in [7, 11) is 0. The number of hydrogen-bond acceptors (Lipinski definition) is 4. The SMILES string of the molecule is CCn1cc(CNC(=O)c2cc3ccccc3oc2=O)c(C)n1. The number of aryl methyl sites for hydroxylation is 2. The molecule has 0 aliphatic rings. The van der Waals surface area contributed by atoms with Gasteiger partial charge in [0, 0.05) is 30.2 Å². The number of para-hydroxylation sites is 1. The Hall–Kier alpha value is -2.89. The van der Waals surface area contributed by atoms with Crippen molar-refractivity contribution in [3.05, 3.63) is 63.8 Å². The summed E-state index contributed by atoms with van der Waals surface area (Å²) in [5, 5.41) is 7.79. The minimum atomic E-state index is -0.637. The lowest BCUT2D eigenvalue weighted by Crippen LogP contribution is -2.27. The van der Waals surface area contributed by atoms with Crippen LogP contribution in [-0.2, 0) is 13.1 Å². The molecule has 2 aromatic heterocycles. The lowest BCUT2D eigenvalue weighted by Gasteiger charge is -2.04. The zero-order valence-corrected chi connectivity index (χ0v) is 13.0. The molecule has 0 atom stereocenters. The van der Waals surface area contributed by atoms with Crippen molar-refractivity contribution in [2.75, 3.05) is 0 Å². The first kappa shape index (κ1) is 15.0. The van der Waals surface area contributed by atoms with Crippen molar-refractivity contribution < 1.29 is 9.21 Å². The maximum atomic E-state index is 12.3. The summed E-state index contributed by atoms with van der Waals surface area (Å²) in [5.41, 5.74) is 1.61. The van der Waals surface area contributed by atoms with E-state index in [1.807, 2.05) is 26.1 Å². The monoisotopic (exact) mass is 311 g/mol. The van der Waals surface area contributed by atoms with Crippen LogP contribution in [0.15, 0.2) is 45.7 Å². The van der Waals surface area contributed by atoms with Crippen molar-refractivity contribution >= 4 is 16.9 Å². The smallest absolute Gasteiger partial charge is 0.349 e. The highest BCUT2D eigenvalue weighted by Crippen LogP contribution is 2.13. The fourth-order valence-corrected chi connectivity index (χ4v) is 2.39. The Morgan fingerprint density at radius 1 is 1.35 bits per heavy atom. The molecule has 0 fully saturated rings. The molecule has 0 aliphatic carbocycles. The molecule has 2 heterocycles. The van der Waals surface area contributed by atoms with Crippen LogP contribution >= 0.6 is 0 Å². The van der Waals surface area contributed by atoms with Gasteiger partial charge in [0.2, 0.25) is 0 Å². The highest BCUT2D eigenvalue weighted by atomic mass is 16.4. The normalized spacial score (nSPS) is 10.9. The van der Waals surface area contributed by atoms with Crippen LogP contribution in [0.5, 0.6) is 0 Å². The summed E-state index contributed by atoms with van der Waals surface area (Å²) in [4.78, 5) is 24.2. The van der Waals surface area contributed by atoms with Crippen LogP contribution in [0.4, 0.5) is 0 Å². The van der Waals surface area contributed by atoms with Gasteiger partial charge < -0.3 is 9.73 Å². The average Bonchev–Trinajstić information content (AvgIpc) is 2.92. The Morgan fingerprint density at radius 2 is 2.13 bits per heavy atom. The first-order valence-corrected chi connectivity index (χ1v) is 7.42. The summed E-state index contributed by atoms with van der Waals surface area (Å²) >= 11 is 0. The van der Waals surface area contributed by atoms with Crippen LogP contribution in [0.2, 0.25) is 0 Å². The van der Waals surface area contributed by atoms with E-state index in [-0.39, 0.29) is 5.56 Å². The predicted octanol–water partition coefficient (Wildman–Crippen LogP) is 2.25. The van der Waals surface area contributed by atoms with Gasteiger partial charge in [0.1, 0.15) is 11.1 Å². The average molecular weight is 311 g/mol. The summed E-state index contributed by atoms with van der Waals surface area (Å²) in [6.45, 7) is 4.97. The quantitative estimate of drug-likeness (QED) is 0.750. The summed E-state index contributed by atoms with van der Waals surface area (Å²) in [6, 6.07) is 8.65. The zero-order chi connectivity index (χ0) is 16.4. The largest absolute Gasteiger partial charge is 0.422 e. The van der Waals surface area contributed by atoms with Crippen LogP contribution in [-0.4, -0.2) is 15.7 Å². The maximum Gasteiger partial charge on any atom is 0.349 e. The highest BCUT2D eigenvalue weighted by molar-refractivity contribution is 5.96. The Kier molecular flexibility index (Phi) is 3.97. The van der Waals surface area contributed by atoms with Crippen LogP contribution in [0.1, 0.15) is 28.5 Å². The first-order valence-electron chi connectivity index (χ1n) is 7.42. The number of carbonyl (C=O) groups is 1. The summed E-state index contributed by atoms with van der Waals surface area (Å²) in [5.74, 6) is -0.451. The fourth-order valence-electron chi connectivity index (χ4n) is 2.39. The molecule has 0 saturated carbocycles. The molecule has 3 rings (SSSR count). The molecule has 0 unspecified atom stereocenters. The Morgan fingerprint density at radius 3 is 2.87 bits per heavy atom. The van der Waals surface area contributed by atoms with E-state index >= 15 is 0 Å². The number of nitrogens with zero attached hydrogens (tertiary/aromatic N) is 2. The topological polar surface area (TPSA) is 77.1 Å². The van der Waals surface area contributed by atoms with Gasteiger partial charge >= 0.3 is 5.63 Å². The third-order valence-electron chi connectivity index (χ3n) is 3.70. The minimum Gasteiger partial charge on any atom is -0.422 e. The zero-order valence-electron chi connectivity index (χ0n) is 13.0. The van der Waals surface area contributed by atoms with E-state index in [2.05, 4.69) is 10.4 Å². The molecule has 0 bridgehead atoms. The second-order valence-corrected chi connectivity index (χ2v) is 5.26. The van der Waals surface area contributed by atoms with Crippen molar-refractivity contribution in [2.45, 2.75) is 26.9 Å². The molecule has 23 heavy (non-hydrogen) atoms. The van der Waals surface area contributed by atoms with Gasteiger partial charge in [-0.05, 0) is 26.0 Å². The van der Waals surface area contributed by atoms with E-state index in [1.165, 1.54) is 0 Å². The molecule has 0 radical (unpaired) electrons. The van der Waals surface area contributed by atoms with Crippen molar-refractivity contribution in [2.24, 2.45) is 0 Å². The third kappa shape index (κ3) is 3.01. The molecule has 0 aliphatic heterocycles. The molecule has 3 aromatic rings. The molecule has 1 N–H and O–H groups in total. The highest BCUT2D eigenvalue weighted by Gasteiger charge is 2.14. The number of hydrogen-bond donors (Lipinski definition) is 1. The predicted molar refractivity (Wildman–Crippen MR) is 86.3 cm³/mol. The van der Waals surface area contributed by atoms with Gasteiger partial charge in [-0.15, -0.1) is 0 Å². The van der Waals surface area contributed by atoms with Crippen molar-refractivity contribution in [1.29, 1.82) is 0 Å². The molecule has 6 heteroatoms. The molecular weight excluding hydrogens is 294 g/mol. The fraction of sp³-hybridized carbons (Fsp3) is 0.235. The van der Waals surface area contributed by atoms with Crippen molar-refractivity contribution in [3.8, 4) is 0 Å². The lowest BCUT2D eigenvalue weighted by molar-refractivity contribution is 0.0947. The van der Waals surface area contributed by atoms with Gasteiger partial charge in [0.05, 0.1) is 5.69 Å². The summed E-state index contributed by atoms with van der Waals surface area (Å²) in [6.07, 6.45) is 1.89. The van der Waals surface area contributed by atoms with Crippen LogP contribution in [0.25, 0.3) is 11.0 Å². The van der Waals surface area contributed by atoms with Crippen LogP contribution < -0.4 is 10.9 Å². The maximum absolute atomic E-state index is 12.3. The standard InChI is InChI=1S/C17H17N3O3/c1-3-20-10-13(11(2)19-20)9-18-16(21)14-8-12-6-4-5-7-15(12)23-17(14)22/h4-8,10H,3,9H2,1-2H3,(H,18,21). The van der Waals surface area contributed by atoms with E-state index in [0.717, 1.165) is 17.8 Å². The van der Waals surface area contributed by atoms with Crippen molar-refractivity contribution in [1.82, 2.24) is 15.1 Å². The van der Waals surface area contributed by atoms with Gasteiger partial charge in [-0.25, -0.2) is 4.79 Å². The van der Waals surface area contributed by atoms with Crippen molar-refractivity contribution in [3.63, 3.8) is 0 Å². The number of rotatable bonds is 4. The molecular formula is C17H17N3O3. The van der Waals surface area contributed by atoms with Crippen LogP contribution in [0, 0.1) is 6.92 Å². The van der Waals surface area contributed by atoms with E-state index in [4.69, 9.17) is 4.42 Å². The second-order valence-electron chi connectivity index (χ2n) is 5.26. The van der Waals surface area contributed by atoms with E-state index < -0.39 is 11.5 Å². The number of benzene rings is 1. The Bertz CT molecular complexity index is 924. The number of nitrogens with one attached hydrogen (secondary N) is 1. The second kappa shape index (κ2) is 6.08. The molecule has 1 amide bonds. The number of amides is 1. The molecule has 118 valence electrons. The van der Waals surface area contributed by atoms with Gasteiger partial charge in [-0.3, -0.25) is 9.48 Å². The van der Waals surface area contributed by atoms with Gasteiger partial charge in [0.15, 0.2) is 0 Å². The Balaban J connectivity index is 1.81. The molecule has 0 saturated heterocycles. The number of carbonyl (C=O) groups excluding carboxylic acids is 1. The third-order valence-corrected chi connectivity index (χ3v) is 3.70. The molecule has 6 nitrogen and oxygen atoms in total. The molecule has 1 aromatic carbocycles. The Labute approximate surface area is 132 Å². The minimum absolute atomic E-state index is 0.00392. The lowest BCUT2D eigenvalue weighted by atomic mass is 10.1. The first-order chi connectivity index (χ1) is 11.1. The van der Waals surface area contributed by atoms with E-state index in [9.17, 15) is 9.59 Å². The van der Waals surface area contributed by atoms with Gasteiger partial charge in [-0.2, -0.15) is 5.10 Å². The van der Waals surface area contributed by atoms with Gasteiger partial charge in [-0.1, -0.05) is 18.2 Å². The van der Waals surface area contributed by atoms with Gasteiger partial charge in [0.25, 0.3) is 5.91 Å². The summed E-state index contributed by atoms with van der Waals surface area (Å²) < 4.78 is 6.99. The van der Waals surface area contributed by atoms with E-state index in [1.54, 1.807) is 28.9 Å². The number of aromatic nitrogens is 2. The van der Waals surface area contributed by atoms with Crippen LogP contribution in [0.3, 0.4) is 0 Å².